The third kappa shape index (κ3) is 5.31. The Morgan fingerprint density at radius 3 is 2.76 bits per heavy atom. The molecule has 1 N–H and O–H groups in total. The van der Waals surface area contributed by atoms with Crippen molar-refractivity contribution in [2.24, 2.45) is 0 Å². The maximum absolute atomic E-state index is 14.1. The first-order chi connectivity index (χ1) is 14.0. The molecule has 0 radical (unpaired) electrons. The number of amides is 1. The predicted molar refractivity (Wildman–Crippen MR) is 116 cm³/mol. The standard InChI is InChI=1S/C22H26FN3O2S/c1-4-5-14-28-17-9-6-8-16(15-17)21(27)26(13-12-25(2)3)22-24-20-18(23)10-7-11-19(20)29-22/h6-11,15H,4-5,12-14H2,1-3H3/p+1. The fourth-order valence-corrected chi connectivity index (χ4v) is 3.85. The Morgan fingerprint density at radius 2 is 2.03 bits per heavy atom. The summed E-state index contributed by atoms with van der Waals surface area (Å²) >= 11 is 1.33. The van der Waals surface area contributed by atoms with Gasteiger partial charge < -0.3 is 9.64 Å². The molecule has 0 unspecified atom stereocenters. The van der Waals surface area contributed by atoms with Gasteiger partial charge in [0.05, 0.1) is 38.5 Å². The molecule has 1 amide bonds. The summed E-state index contributed by atoms with van der Waals surface area (Å²) in [4.78, 5) is 20.6. The number of hydrogen-bond donors (Lipinski definition) is 1. The number of carbonyl (C=O) groups is 1. The van der Waals surface area contributed by atoms with Crippen molar-refractivity contribution in [3.63, 3.8) is 0 Å². The highest BCUT2D eigenvalue weighted by Gasteiger charge is 2.23. The summed E-state index contributed by atoms with van der Waals surface area (Å²) in [6.07, 6.45) is 2.01. The summed E-state index contributed by atoms with van der Waals surface area (Å²) < 4.78 is 20.6. The first-order valence-corrected chi connectivity index (χ1v) is 10.7. The van der Waals surface area contributed by atoms with E-state index in [-0.39, 0.29) is 11.7 Å². The summed E-state index contributed by atoms with van der Waals surface area (Å²) in [5.74, 6) is 0.145. The van der Waals surface area contributed by atoms with Gasteiger partial charge in [0.25, 0.3) is 5.91 Å². The van der Waals surface area contributed by atoms with Gasteiger partial charge in [-0.2, -0.15) is 0 Å². The van der Waals surface area contributed by atoms with Crippen LogP contribution < -0.4 is 14.5 Å². The molecule has 0 saturated heterocycles. The van der Waals surface area contributed by atoms with Gasteiger partial charge in [0.1, 0.15) is 17.1 Å². The second-order valence-electron chi connectivity index (χ2n) is 7.23. The number of fused-ring (bicyclic) bond motifs is 1. The first kappa shape index (κ1) is 21.2. The van der Waals surface area contributed by atoms with Crippen molar-refractivity contribution >= 4 is 32.6 Å². The van der Waals surface area contributed by atoms with Crippen molar-refractivity contribution in [3.8, 4) is 5.75 Å². The number of aromatic nitrogens is 1. The zero-order chi connectivity index (χ0) is 20.8. The van der Waals surface area contributed by atoms with Crippen molar-refractivity contribution in [2.75, 3.05) is 38.7 Å². The number of para-hydroxylation sites is 1. The van der Waals surface area contributed by atoms with Crippen LogP contribution in [0.3, 0.4) is 0 Å². The SMILES string of the molecule is CCCCOc1cccc(C(=O)N(CC[NH+](C)C)c2nc3c(F)cccc3s2)c1. The number of anilines is 1. The Hall–Kier alpha value is -2.51. The van der Waals surface area contributed by atoms with Crippen LogP contribution in [0, 0.1) is 5.82 Å². The smallest absolute Gasteiger partial charge is 0.260 e. The van der Waals surface area contributed by atoms with Crippen molar-refractivity contribution in [1.29, 1.82) is 0 Å². The van der Waals surface area contributed by atoms with Gasteiger partial charge in [0.2, 0.25) is 0 Å². The molecule has 0 aliphatic rings. The molecule has 1 aromatic heterocycles. The molecule has 154 valence electrons. The first-order valence-electron chi connectivity index (χ1n) is 9.88. The Labute approximate surface area is 174 Å². The third-order valence-corrected chi connectivity index (χ3v) is 5.56. The average Bonchev–Trinajstić information content (AvgIpc) is 3.13. The molecular formula is C22H27FN3O2S+. The van der Waals surface area contributed by atoms with Crippen LogP contribution >= 0.6 is 11.3 Å². The number of carbonyl (C=O) groups excluding carboxylic acids is 1. The molecule has 7 heteroatoms. The van der Waals surface area contributed by atoms with Gasteiger partial charge in [-0.05, 0) is 36.8 Å². The van der Waals surface area contributed by atoms with Crippen LogP contribution in [0.4, 0.5) is 9.52 Å². The lowest BCUT2D eigenvalue weighted by atomic mass is 10.2. The molecule has 2 aromatic carbocycles. The summed E-state index contributed by atoms with van der Waals surface area (Å²) in [6, 6.07) is 12.1. The van der Waals surface area contributed by atoms with Crippen molar-refractivity contribution < 1.29 is 18.8 Å². The quantitative estimate of drug-likeness (QED) is 0.544. The number of unbranched alkanes of at least 4 members (excludes halogenated alkanes) is 1. The lowest BCUT2D eigenvalue weighted by Gasteiger charge is -2.21. The molecule has 29 heavy (non-hydrogen) atoms. The molecule has 0 aliphatic heterocycles. The van der Waals surface area contributed by atoms with Crippen molar-refractivity contribution in [3.05, 3.63) is 53.8 Å². The van der Waals surface area contributed by atoms with E-state index in [9.17, 15) is 9.18 Å². The van der Waals surface area contributed by atoms with Crippen molar-refractivity contribution in [2.45, 2.75) is 19.8 Å². The monoisotopic (exact) mass is 416 g/mol. The number of ether oxygens (including phenoxy) is 1. The predicted octanol–water partition coefficient (Wildman–Crippen LogP) is 3.41. The number of benzene rings is 2. The zero-order valence-electron chi connectivity index (χ0n) is 17.1. The molecule has 5 nitrogen and oxygen atoms in total. The minimum Gasteiger partial charge on any atom is -0.494 e. The Bertz CT molecular complexity index is 974. The van der Waals surface area contributed by atoms with E-state index in [1.165, 1.54) is 22.3 Å². The highest BCUT2D eigenvalue weighted by Crippen LogP contribution is 2.31. The minimum atomic E-state index is -0.373. The van der Waals surface area contributed by atoms with Crippen LogP contribution in [0.5, 0.6) is 5.75 Å². The van der Waals surface area contributed by atoms with Crippen LogP contribution in [0.2, 0.25) is 0 Å². The number of quaternary nitrogens is 1. The van der Waals surface area contributed by atoms with Gasteiger partial charge in [-0.15, -0.1) is 0 Å². The van der Waals surface area contributed by atoms with Crippen LogP contribution in [0.1, 0.15) is 30.1 Å². The van der Waals surface area contributed by atoms with E-state index in [0.717, 1.165) is 24.1 Å². The Kier molecular flexibility index (Phi) is 7.17. The molecule has 0 fully saturated rings. The number of likely N-dealkylation sites (N-methyl/N-ethyl adjacent to an activating group) is 1. The second kappa shape index (κ2) is 9.80. The Morgan fingerprint density at radius 1 is 1.24 bits per heavy atom. The number of halogens is 1. The van der Waals surface area contributed by atoms with Crippen LogP contribution in [-0.2, 0) is 0 Å². The molecule has 1 heterocycles. The van der Waals surface area contributed by atoms with Gasteiger partial charge in [-0.25, -0.2) is 9.37 Å². The van der Waals surface area contributed by atoms with E-state index >= 15 is 0 Å². The van der Waals surface area contributed by atoms with Gasteiger partial charge >= 0.3 is 0 Å². The largest absolute Gasteiger partial charge is 0.494 e. The zero-order valence-corrected chi connectivity index (χ0v) is 17.9. The molecule has 0 atom stereocenters. The fourth-order valence-electron chi connectivity index (χ4n) is 2.85. The highest BCUT2D eigenvalue weighted by atomic mass is 32.1. The van der Waals surface area contributed by atoms with Crippen molar-refractivity contribution in [1.82, 2.24) is 4.98 Å². The van der Waals surface area contributed by atoms with E-state index in [1.54, 1.807) is 23.1 Å². The van der Waals surface area contributed by atoms with Crippen LogP contribution in [0.15, 0.2) is 42.5 Å². The molecule has 0 saturated carbocycles. The van der Waals surface area contributed by atoms with E-state index < -0.39 is 0 Å². The Balaban J connectivity index is 1.90. The van der Waals surface area contributed by atoms with E-state index in [2.05, 4.69) is 11.9 Å². The number of thiazole rings is 1. The molecule has 3 aromatic rings. The van der Waals surface area contributed by atoms with Gasteiger partial charge in [0.15, 0.2) is 5.13 Å². The summed E-state index contributed by atoms with van der Waals surface area (Å²) in [7, 11) is 4.06. The fraction of sp³-hybridized carbons (Fsp3) is 0.364. The van der Waals surface area contributed by atoms with Gasteiger partial charge in [-0.3, -0.25) is 9.69 Å². The molecule has 3 rings (SSSR count). The number of hydrogen-bond acceptors (Lipinski definition) is 4. The normalized spacial score (nSPS) is 11.2. The molecule has 0 spiro atoms. The lowest BCUT2D eigenvalue weighted by Crippen LogP contribution is -3.06. The molecular weight excluding hydrogens is 389 g/mol. The van der Waals surface area contributed by atoms with Gasteiger partial charge in [-0.1, -0.05) is 36.8 Å². The van der Waals surface area contributed by atoms with Crippen LogP contribution in [0.25, 0.3) is 10.2 Å². The molecule has 0 bridgehead atoms. The maximum Gasteiger partial charge on any atom is 0.260 e. The minimum absolute atomic E-state index is 0.161. The highest BCUT2D eigenvalue weighted by molar-refractivity contribution is 7.22. The van der Waals surface area contributed by atoms with Crippen LogP contribution in [-0.4, -0.2) is 44.7 Å². The number of rotatable bonds is 9. The third-order valence-electron chi connectivity index (χ3n) is 4.52. The average molecular weight is 417 g/mol. The summed E-state index contributed by atoms with van der Waals surface area (Å²) in [5, 5.41) is 0.508. The summed E-state index contributed by atoms with van der Waals surface area (Å²) in [6.45, 7) is 3.97. The number of nitrogens with one attached hydrogen (secondary N) is 1. The van der Waals surface area contributed by atoms with Gasteiger partial charge in [0, 0.05) is 5.56 Å². The second-order valence-corrected chi connectivity index (χ2v) is 8.24. The lowest BCUT2D eigenvalue weighted by molar-refractivity contribution is -0.856. The number of nitrogens with zero attached hydrogens (tertiary/aromatic N) is 2. The maximum atomic E-state index is 14.1. The summed E-state index contributed by atoms with van der Waals surface area (Å²) in [5.41, 5.74) is 0.839. The van der Waals surface area contributed by atoms with E-state index in [0.29, 0.717) is 35.1 Å². The topological polar surface area (TPSA) is 46.9 Å². The van der Waals surface area contributed by atoms with E-state index in [4.69, 9.17) is 4.74 Å². The molecule has 0 aliphatic carbocycles. The van der Waals surface area contributed by atoms with E-state index in [1.807, 2.05) is 32.3 Å².